The van der Waals surface area contributed by atoms with Crippen LogP contribution in [0.5, 0.6) is 0 Å². The number of rotatable bonds is 3. The van der Waals surface area contributed by atoms with E-state index in [0.717, 1.165) is 9.87 Å². The zero-order valence-electron chi connectivity index (χ0n) is 10.8. The number of hydrogen-bond acceptors (Lipinski definition) is 2. The summed E-state index contributed by atoms with van der Waals surface area (Å²) >= 11 is 0. The van der Waals surface area contributed by atoms with Crippen LogP contribution in [-0.4, -0.2) is 36.7 Å². The minimum Gasteiger partial charge on any atom is -0.211 e. The summed E-state index contributed by atoms with van der Waals surface area (Å²) in [5, 5.41) is 0. The maximum atomic E-state index is 13.5. The Bertz CT molecular complexity index is 557. The molecule has 1 aromatic rings. The first-order valence-corrected chi connectivity index (χ1v) is 7.57. The van der Waals surface area contributed by atoms with Crippen LogP contribution in [0.25, 0.3) is 0 Å². The van der Waals surface area contributed by atoms with Crippen molar-refractivity contribution in [2.75, 3.05) is 19.6 Å². The van der Waals surface area contributed by atoms with E-state index in [0.29, 0.717) is 0 Å². The van der Waals surface area contributed by atoms with Crippen LogP contribution in [0, 0.1) is 0 Å². The second kappa shape index (κ2) is 5.81. The lowest BCUT2D eigenvalue weighted by Crippen LogP contribution is -2.42. The van der Waals surface area contributed by atoms with E-state index in [1.54, 1.807) is 6.92 Å². The molecular formula is C13H17FN2O2S. The summed E-state index contributed by atoms with van der Waals surface area (Å²) in [7, 11) is -3.61. The third-order valence-corrected chi connectivity index (χ3v) is 5.02. The molecule has 0 atom stereocenters. The highest BCUT2D eigenvalue weighted by Crippen LogP contribution is 2.19. The highest BCUT2D eigenvalue weighted by molar-refractivity contribution is 7.86. The SMILES string of the molecule is CCN1CC(F)=CCN(Cc2ccccc2)S1(=O)=O. The lowest BCUT2D eigenvalue weighted by Gasteiger charge is -2.25. The van der Waals surface area contributed by atoms with E-state index in [4.69, 9.17) is 0 Å². The van der Waals surface area contributed by atoms with E-state index in [1.165, 1.54) is 10.4 Å². The molecule has 2 rings (SSSR count). The van der Waals surface area contributed by atoms with Crippen molar-refractivity contribution < 1.29 is 12.8 Å². The topological polar surface area (TPSA) is 40.6 Å². The Morgan fingerprint density at radius 1 is 1.21 bits per heavy atom. The van der Waals surface area contributed by atoms with Gasteiger partial charge in [0.1, 0.15) is 5.83 Å². The molecule has 0 amide bonds. The van der Waals surface area contributed by atoms with Crippen molar-refractivity contribution in [2.45, 2.75) is 13.5 Å². The van der Waals surface area contributed by atoms with E-state index < -0.39 is 16.0 Å². The van der Waals surface area contributed by atoms with Crippen LogP contribution in [0.2, 0.25) is 0 Å². The Hall–Kier alpha value is -1.24. The van der Waals surface area contributed by atoms with Crippen LogP contribution in [-0.2, 0) is 16.8 Å². The summed E-state index contributed by atoms with van der Waals surface area (Å²) in [5.41, 5.74) is 0.887. The first-order chi connectivity index (χ1) is 9.04. The number of halogens is 1. The summed E-state index contributed by atoms with van der Waals surface area (Å²) in [5.74, 6) is -0.402. The minimum absolute atomic E-state index is 0.0690. The lowest BCUT2D eigenvalue weighted by atomic mass is 10.2. The standard InChI is InChI=1S/C13H17FN2O2S/c1-2-15-11-13(14)8-9-16(19(15,17)18)10-12-6-4-3-5-7-12/h3-8H,2,9-11H2,1H3. The fourth-order valence-corrected chi connectivity index (χ4v) is 3.50. The molecule has 4 nitrogen and oxygen atoms in total. The second-order valence-electron chi connectivity index (χ2n) is 4.36. The van der Waals surface area contributed by atoms with Gasteiger partial charge in [-0.05, 0) is 11.6 Å². The molecule has 0 spiro atoms. The van der Waals surface area contributed by atoms with Gasteiger partial charge in [-0.2, -0.15) is 17.0 Å². The molecule has 1 heterocycles. The molecule has 0 aliphatic carbocycles. The molecule has 1 aromatic carbocycles. The molecule has 0 bridgehead atoms. The largest absolute Gasteiger partial charge is 0.282 e. The third kappa shape index (κ3) is 3.20. The molecule has 0 radical (unpaired) electrons. The van der Waals surface area contributed by atoms with Gasteiger partial charge in [0, 0.05) is 19.6 Å². The number of likely N-dealkylation sites (N-methyl/N-ethyl adjacent to an activating group) is 1. The fraction of sp³-hybridized carbons (Fsp3) is 0.385. The summed E-state index contributed by atoms with van der Waals surface area (Å²) < 4.78 is 40.6. The normalized spacial score (nSPS) is 20.8. The molecule has 6 heteroatoms. The molecule has 0 saturated carbocycles. The lowest BCUT2D eigenvalue weighted by molar-refractivity contribution is 0.366. The summed E-state index contributed by atoms with van der Waals surface area (Å²) in [6, 6.07) is 9.30. The van der Waals surface area contributed by atoms with Crippen molar-refractivity contribution in [1.82, 2.24) is 8.61 Å². The van der Waals surface area contributed by atoms with Gasteiger partial charge < -0.3 is 0 Å². The average Bonchev–Trinajstić information content (AvgIpc) is 2.50. The van der Waals surface area contributed by atoms with Crippen LogP contribution in [0.4, 0.5) is 4.39 Å². The second-order valence-corrected chi connectivity index (χ2v) is 6.29. The van der Waals surface area contributed by atoms with Crippen molar-refractivity contribution >= 4 is 10.2 Å². The first kappa shape index (κ1) is 14.2. The molecule has 1 aliphatic heterocycles. The van der Waals surface area contributed by atoms with Gasteiger partial charge in [-0.1, -0.05) is 37.3 Å². The van der Waals surface area contributed by atoms with Gasteiger partial charge in [0.2, 0.25) is 0 Å². The van der Waals surface area contributed by atoms with Gasteiger partial charge in [0.15, 0.2) is 0 Å². The minimum atomic E-state index is -3.61. The van der Waals surface area contributed by atoms with E-state index >= 15 is 0 Å². The van der Waals surface area contributed by atoms with Crippen LogP contribution in [0.3, 0.4) is 0 Å². The Morgan fingerprint density at radius 2 is 1.89 bits per heavy atom. The van der Waals surface area contributed by atoms with E-state index in [1.807, 2.05) is 30.3 Å². The maximum Gasteiger partial charge on any atom is 0.282 e. The van der Waals surface area contributed by atoms with Gasteiger partial charge >= 0.3 is 0 Å². The summed E-state index contributed by atoms with van der Waals surface area (Å²) in [4.78, 5) is 0. The molecule has 0 fully saturated rings. The molecule has 0 unspecified atom stereocenters. The van der Waals surface area contributed by atoms with Crippen LogP contribution >= 0.6 is 0 Å². The molecular weight excluding hydrogens is 267 g/mol. The summed E-state index contributed by atoms with van der Waals surface area (Å²) in [6.45, 7) is 2.11. The molecule has 1 aliphatic rings. The van der Waals surface area contributed by atoms with Crippen molar-refractivity contribution in [3.63, 3.8) is 0 Å². The van der Waals surface area contributed by atoms with Crippen LogP contribution in [0.15, 0.2) is 42.2 Å². The fourth-order valence-electron chi connectivity index (χ4n) is 1.98. The maximum absolute atomic E-state index is 13.5. The smallest absolute Gasteiger partial charge is 0.211 e. The van der Waals surface area contributed by atoms with Crippen molar-refractivity contribution in [2.24, 2.45) is 0 Å². The van der Waals surface area contributed by atoms with Crippen molar-refractivity contribution in [1.29, 1.82) is 0 Å². The Morgan fingerprint density at radius 3 is 2.53 bits per heavy atom. The van der Waals surface area contributed by atoms with Gasteiger partial charge in [-0.25, -0.2) is 4.39 Å². The monoisotopic (exact) mass is 284 g/mol. The number of hydrogen-bond donors (Lipinski definition) is 0. The van der Waals surface area contributed by atoms with Crippen molar-refractivity contribution in [3.05, 3.63) is 47.8 Å². The highest BCUT2D eigenvalue weighted by atomic mass is 32.2. The van der Waals surface area contributed by atoms with Gasteiger partial charge in [0.05, 0.1) is 6.54 Å². The summed E-state index contributed by atoms with van der Waals surface area (Å²) in [6.07, 6.45) is 1.33. The van der Waals surface area contributed by atoms with E-state index in [9.17, 15) is 12.8 Å². The Balaban J connectivity index is 2.27. The average molecular weight is 284 g/mol. The molecule has 0 saturated heterocycles. The van der Waals surface area contributed by atoms with Crippen LogP contribution < -0.4 is 0 Å². The van der Waals surface area contributed by atoms with Gasteiger partial charge in [0.25, 0.3) is 10.2 Å². The van der Waals surface area contributed by atoms with Gasteiger partial charge in [-0.3, -0.25) is 0 Å². The molecule has 0 aromatic heterocycles. The van der Waals surface area contributed by atoms with Gasteiger partial charge in [-0.15, -0.1) is 0 Å². The first-order valence-electron chi connectivity index (χ1n) is 6.17. The quantitative estimate of drug-likeness (QED) is 0.851. The zero-order chi connectivity index (χ0) is 13.9. The van der Waals surface area contributed by atoms with Crippen molar-refractivity contribution in [3.8, 4) is 0 Å². The molecule has 0 N–H and O–H groups in total. The predicted octanol–water partition coefficient (Wildman–Crippen LogP) is 1.92. The molecule has 104 valence electrons. The highest BCUT2D eigenvalue weighted by Gasteiger charge is 2.31. The predicted molar refractivity (Wildman–Crippen MR) is 72.2 cm³/mol. The number of benzene rings is 1. The third-order valence-electron chi connectivity index (χ3n) is 3.05. The zero-order valence-corrected chi connectivity index (χ0v) is 11.6. The van der Waals surface area contributed by atoms with Crippen LogP contribution in [0.1, 0.15) is 12.5 Å². The number of nitrogens with zero attached hydrogens (tertiary/aromatic N) is 2. The Labute approximate surface area is 113 Å². The van der Waals surface area contributed by atoms with E-state index in [2.05, 4.69) is 0 Å². The molecule has 19 heavy (non-hydrogen) atoms. The Kier molecular flexibility index (Phi) is 4.34. The van der Waals surface area contributed by atoms with E-state index in [-0.39, 0.29) is 26.2 Å².